The minimum absolute atomic E-state index is 0.141. The Balaban J connectivity index is 1.70. The standard InChI is InChI=1S/C22H24N2O2S/c1-2-18-7-8-20(27-18)21(24-11-9-15(10-12-24)22(25)26)17-13-16-5-3-4-6-19(16)23-14-17/h3-8,13-15,21H,2,9-12H2,1H3,(H,25,26). The first-order chi connectivity index (χ1) is 13.2. The summed E-state index contributed by atoms with van der Waals surface area (Å²) in [6.07, 6.45) is 4.44. The molecule has 27 heavy (non-hydrogen) atoms. The molecule has 0 spiro atoms. The maximum Gasteiger partial charge on any atom is 0.306 e. The Morgan fingerprint density at radius 2 is 2.04 bits per heavy atom. The van der Waals surface area contributed by atoms with Crippen molar-refractivity contribution < 1.29 is 9.90 Å². The Kier molecular flexibility index (Phi) is 5.23. The van der Waals surface area contributed by atoms with Gasteiger partial charge in [-0.3, -0.25) is 14.7 Å². The second kappa shape index (κ2) is 7.79. The Labute approximate surface area is 163 Å². The number of carbonyl (C=O) groups is 1. The van der Waals surface area contributed by atoms with Crippen LogP contribution >= 0.6 is 11.3 Å². The van der Waals surface area contributed by atoms with E-state index in [2.05, 4.69) is 41.1 Å². The fourth-order valence-corrected chi connectivity index (χ4v) is 5.04. The zero-order valence-electron chi connectivity index (χ0n) is 15.5. The molecule has 140 valence electrons. The molecule has 0 saturated carbocycles. The highest BCUT2D eigenvalue weighted by atomic mass is 32.1. The molecule has 0 aliphatic carbocycles. The number of para-hydroxylation sites is 1. The van der Waals surface area contributed by atoms with Crippen molar-refractivity contribution in [2.45, 2.75) is 32.2 Å². The molecular weight excluding hydrogens is 356 g/mol. The highest BCUT2D eigenvalue weighted by molar-refractivity contribution is 7.12. The lowest BCUT2D eigenvalue weighted by Gasteiger charge is -2.36. The van der Waals surface area contributed by atoms with E-state index in [1.807, 2.05) is 35.7 Å². The molecule has 1 N–H and O–H groups in total. The smallest absolute Gasteiger partial charge is 0.306 e. The normalized spacial score (nSPS) is 17.2. The molecule has 3 heterocycles. The van der Waals surface area contributed by atoms with E-state index in [9.17, 15) is 9.90 Å². The minimum atomic E-state index is -0.664. The van der Waals surface area contributed by atoms with E-state index in [0.29, 0.717) is 12.8 Å². The van der Waals surface area contributed by atoms with Gasteiger partial charge in [0, 0.05) is 21.3 Å². The third-order valence-corrected chi connectivity index (χ3v) is 6.75. The van der Waals surface area contributed by atoms with Crippen molar-refractivity contribution in [3.05, 3.63) is 64.0 Å². The van der Waals surface area contributed by atoms with Gasteiger partial charge < -0.3 is 5.11 Å². The van der Waals surface area contributed by atoms with E-state index in [-0.39, 0.29) is 12.0 Å². The van der Waals surface area contributed by atoms with E-state index in [1.54, 1.807) is 0 Å². The van der Waals surface area contributed by atoms with Crippen molar-refractivity contribution in [2.75, 3.05) is 13.1 Å². The maximum atomic E-state index is 11.3. The summed E-state index contributed by atoms with van der Waals surface area (Å²) in [5, 5.41) is 10.5. The number of nitrogens with zero attached hydrogens (tertiary/aromatic N) is 2. The van der Waals surface area contributed by atoms with E-state index in [1.165, 1.54) is 15.3 Å². The number of aliphatic carboxylic acids is 1. The molecule has 1 aromatic carbocycles. The summed E-state index contributed by atoms with van der Waals surface area (Å²) in [4.78, 5) is 21.1. The van der Waals surface area contributed by atoms with Gasteiger partial charge in [0.15, 0.2) is 0 Å². The Bertz CT molecular complexity index is 944. The number of aromatic nitrogens is 1. The number of likely N-dealkylation sites (tertiary alicyclic amines) is 1. The first kappa shape index (κ1) is 18.1. The molecule has 0 bridgehead atoms. The predicted molar refractivity (Wildman–Crippen MR) is 109 cm³/mol. The maximum absolute atomic E-state index is 11.3. The SMILES string of the molecule is CCc1ccc(C(c2cnc3ccccc3c2)N2CCC(C(=O)O)CC2)s1. The van der Waals surface area contributed by atoms with E-state index in [4.69, 9.17) is 0 Å². The number of piperidine rings is 1. The van der Waals surface area contributed by atoms with Crippen molar-refractivity contribution in [1.82, 2.24) is 9.88 Å². The Morgan fingerprint density at radius 3 is 2.74 bits per heavy atom. The molecular formula is C22H24N2O2S. The predicted octanol–water partition coefficient (Wildman–Crippen LogP) is 4.74. The van der Waals surface area contributed by atoms with Crippen LogP contribution in [0.25, 0.3) is 10.9 Å². The van der Waals surface area contributed by atoms with Crippen LogP contribution in [0, 0.1) is 5.92 Å². The van der Waals surface area contributed by atoms with Crippen LogP contribution in [-0.2, 0) is 11.2 Å². The summed E-state index contributed by atoms with van der Waals surface area (Å²) in [7, 11) is 0. The van der Waals surface area contributed by atoms with Gasteiger partial charge >= 0.3 is 5.97 Å². The number of benzene rings is 1. The third kappa shape index (κ3) is 3.75. The fourth-order valence-electron chi connectivity index (χ4n) is 3.93. The quantitative estimate of drug-likeness (QED) is 0.694. The summed E-state index contributed by atoms with van der Waals surface area (Å²) < 4.78 is 0. The number of hydrogen-bond acceptors (Lipinski definition) is 4. The van der Waals surface area contributed by atoms with Crippen molar-refractivity contribution in [3.63, 3.8) is 0 Å². The topological polar surface area (TPSA) is 53.4 Å². The Morgan fingerprint density at radius 1 is 1.26 bits per heavy atom. The van der Waals surface area contributed by atoms with Crippen molar-refractivity contribution in [3.8, 4) is 0 Å². The van der Waals surface area contributed by atoms with Gasteiger partial charge in [-0.05, 0) is 62.2 Å². The van der Waals surface area contributed by atoms with Gasteiger partial charge in [0.05, 0.1) is 17.5 Å². The van der Waals surface area contributed by atoms with Crippen LogP contribution < -0.4 is 0 Å². The highest BCUT2D eigenvalue weighted by Gasteiger charge is 2.31. The molecule has 4 rings (SSSR count). The number of fused-ring (bicyclic) bond motifs is 1. The molecule has 1 fully saturated rings. The lowest BCUT2D eigenvalue weighted by Crippen LogP contribution is -2.39. The van der Waals surface area contributed by atoms with Crippen LogP contribution in [0.1, 0.15) is 41.1 Å². The van der Waals surface area contributed by atoms with Crippen LogP contribution in [0.4, 0.5) is 0 Å². The number of pyridine rings is 1. The number of carboxylic acid groups (broad SMARTS) is 1. The summed E-state index contributed by atoms with van der Waals surface area (Å²) in [5.41, 5.74) is 2.19. The van der Waals surface area contributed by atoms with Gasteiger partial charge in [0.1, 0.15) is 0 Å². The van der Waals surface area contributed by atoms with Gasteiger partial charge in [-0.1, -0.05) is 25.1 Å². The molecule has 1 atom stereocenters. The van der Waals surface area contributed by atoms with Gasteiger partial charge in [-0.15, -0.1) is 11.3 Å². The second-order valence-electron chi connectivity index (χ2n) is 7.17. The van der Waals surface area contributed by atoms with E-state index >= 15 is 0 Å². The van der Waals surface area contributed by atoms with Gasteiger partial charge in [0.25, 0.3) is 0 Å². The molecule has 3 aromatic rings. The zero-order chi connectivity index (χ0) is 18.8. The summed E-state index contributed by atoms with van der Waals surface area (Å²) in [6.45, 7) is 3.78. The number of rotatable bonds is 5. The van der Waals surface area contributed by atoms with Crippen molar-refractivity contribution >= 4 is 28.2 Å². The average molecular weight is 381 g/mol. The first-order valence-electron chi connectivity index (χ1n) is 9.56. The molecule has 0 amide bonds. The second-order valence-corrected chi connectivity index (χ2v) is 8.37. The number of hydrogen-bond donors (Lipinski definition) is 1. The zero-order valence-corrected chi connectivity index (χ0v) is 16.3. The van der Waals surface area contributed by atoms with Gasteiger partial charge in [-0.25, -0.2) is 0 Å². The summed E-state index contributed by atoms with van der Waals surface area (Å²) >= 11 is 1.86. The van der Waals surface area contributed by atoms with Crippen LogP contribution in [0.5, 0.6) is 0 Å². The van der Waals surface area contributed by atoms with Crippen molar-refractivity contribution in [2.24, 2.45) is 5.92 Å². The number of carboxylic acids is 1. The molecule has 1 unspecified atom stereocenters. The monoisotopic (exact) mass is 380 g/mol. The molecule has 0 radical (unpaired) electrons. The lowest BCUT2D eigenvalue weighted by molar-refractivity contribution is -0.143. The van der Waals surface area contributed by atoms with Gasteiger partial charge in [-0.2, -0.15) is 0 Å². The van der Waals surface area contributed by atoms with Crippen LogP contribution in [0.2, 0.25) is 0 Å². The van der Waals surface area contributed by atoms with E-state index in [0.717, 1.165) is 30.4 Å². The first-order valence-corrected chi connectivity index (χ1v) is 10.4. The lowest BCUT2D eigenvalue weighted by atomic mass is 9.94. The highest BCUT2D eigenvalue weighted by Crippen LogP contribution is 2.36. The number of thiophene rings is 1. The fraction of sp³-hybridized carbons (Fsp3) is 0.364. The largest absolute Gasteiger partial charge is 0.481 e. The van der Waals surface area contributed by atoms with Crippen molar-refractivity contribution in [1.29, 1.82) is 0 Å². The van der Waals surface area contributed by atoms with Gasteiger partial charge in [0.2, 0.25) is 0 Å². The molecule has 2 aromatic heterocycles. The summed E-state index contributed by atoms with van der Waals surface area (Å²) in [5.74, 6) is -0.880. The van der Waals surface area contributed by atoms with Crippen LogP contribution in [0.3, 0.4) is 0 Å². The molecule has 4 nitrogen and oxygen atoms in total. The van der Waals surface area contributed by atoms with Crippen LogP contribution in [-0.4, -0.2) is 34.0 Å². The molecule has 1 aliphatic heterocycles. The number of aryl methyl sites for hydroxylation is 1. The summed E-state index contributed by atoms with van der Waals surface area (Å²) in [6, 6.07) is 15.0. The third-order valence-electron chi connectivity index (χ3n) is 5.47. The van der Waals surface area contributed by atoms with E-state index < -0.39 is 5.97 Å². The Hall–Kier alpha value is -2.24. The average Bonchev–Trinajstić information content (AvgIpc) is 3.17. The molecule has 1 saturated heterocycles. The molecule has 5 heteroatoms. The van der Waals surface area contributed by atoms with Crippen LogP contribution in [0.15, 0.2) is 48.7 Å². The minimum Gasteiger partial charge on any atom is -0.481 e. The molecule has 1 aliphatic rings.